The van der Waals surface area contributed by atoms with E-state index in [1.807, 2.05) is 0 Å². The zero-order valence-corrected chi connectivity index (χ0v) is 13.8. The molecule has 0 amide bonds. The predicted octanol–water partition coefficient (Wildman–Crippen LogP) is 4.56. The van der Waals surface area contributed by atoms with Gasteiger partial charge in [-0.3, -0.25) is 4.68 Å². The van der Waals surface area contributed by atoms with E-state index < -0.39 is 0 Å². The van der Waals surface area contributed by atoms with Gasteiger partial charge < -0.3 is 0 Å². The fourth-order valence-electron chi connectivity index (χ4n) is 2.99. The summed E-state index contributed by atoms with van der Waals surface area (Å²) in [6.45, 7) is 7.47. The van der Waals surface area contributed by atoms with E-state index in [0.717, 1.165) is 31.0 Å². The smallest absolute Gasteiger partial charge is 0.0738 e. The van der Waals surface area contributed by atoms with Crippen molar-refractivity contribution in [3.63, 3.8) is 0 Å². The summed E-state index contributed by atoms with van der Waals surface area (Å²) in [5, 5.41) is 4.89. The van der Waals surface area contributed by atoms with Crippen LogP contribution in [0.4, 0.5) is 0 Å². The highest BCUT2D eigenvalue weighted by molar-refractivity contribution is 9.10. The van der Waals surface area contributed by atoms with Gasteiger partial charge in [0.1, 0.15) is 0 Å². The van der Waals surface area contributed by atoms with Crippen molar-refractivity contribution in [1.82, 2.24) is 9.78 Å². The van der Waals surface area contributed by atoms with Gasteiger partial charge in [-0.1, -0.05) is 6.92 Å². The molecule has 1 heterocycles. The Hall–Kier alpha value is -0.0200. The normalized spacial score (nSPS) is 28.6. The first kappa shape index (κ1) is 14.4. The SMILES string of the molecule is CCn1nc(C)c(Br)c1CC1CC(C)CCC1Cl. The van der Waals surface area contributed by atoms with Gasteiger partial charge in [-0.25, -0.2) is 0 Å². The second kappa shape index (κ2) is 5.96. The molecular formula is C14H22BrClN2. The molecule has 0 saturated heterocycles. The molecule has 0 aliphatic heterocycles. The topological polar surface area (TPSA) is 17.8 Å². The Morgan fingerprint density at radius 2 is 2.17 bits per heavy atom. The molecule has 2 rings (SSSR count). The highest BCUT2D eigenvalue weighted by Crippen LogP contribution is 2.36. The Balaban J connectivity index is 2.17. The predicted molar refractivity (Wildman–Crippen MR) is 80.2 cm³/mol. The van der Waals surface area contributed by atoms with Crippen molar-refractivity contribution in [2.24, 2.45) is 11.8 Å². The van der Waals surface area contributed by atoms with Crippen LogP contribution in [0.5, 0.6) is 0 Å². The zero-order valence-electron chi connectivity index (χ0n) is 11.4. The summed E-state index contributed by atoms with van der Waals surface area (Å²) in [4.78, 5) is 0. The van der Waals surface area contributed by atoms with Crippen molar-refractivity contribution in [1.29, 1.82) is 0 Å². The van der Waals surface area contributed by atoms with Crippen molar-refractivity contribution >= 4 is 27.5 Å². The molecule has 2 nitrogen and oxygen atoms in total. The lowest BCUT2D eigenvalue weighted by molar-refractivity contribution is 0.283. The fraction of sp³-hybridized carbons (Fsp3) is 0.786. The van der Waals surface area contributed by atoms with Crippen LogP contribution in [0.15, 0.2) is 4.47 Å². The number of hydrogen-bond acceptors (Lipinski definition) is 1. The van der Waals surface area contributed by atoms with Gasteiger partial charge in [0.25, 0.3) is 0 Å². The number of hydrogen-bond donors (Lipinski definition) is 0. The summed E-state index contributed by atoms with van der Waals surface area (Å²) in [5.41, 5.74) is 2.40. The van der Waals surface area contributed by atoms with Crippen LogP contribution >= 0.6 is 27.5 Å². The van der Waals surface area contributed by atoms with Gasteiger partial charge >= 0.3 is 0 Å². The minimum atomic E-state index is 0.327. The number of rotatable bonds is 3. The van der Waals surface area contributed by atoms with Crippen molar-refractivity contribution in [3.8, 4) is 0 Å². The third-order valence-electron chi connectivity index (χ3n) is 4.06. The number of aromatic nitrogens is 2. The Morgan fingerprint density at radius 3 is 2.83 bits per heavy atom. The zero-order chi connectivity index (χ0) is 13.3. The lowest BCUT2D eigenvalue weighted by Crippen LogP contribution is -2.27. The molecule has 1 aromatic rings. The molecule has 18 heavy (non-hydrogen) atoms. The lowest BCUT2D eigenvalue weighted by atomic mass is 9.80. The fourth-order valence-corrected chi connectivity index (χ4v) is 3.75. The maximum Gasteiger partial charge on any atom is 0.0738 e. The van der Waals surface area contributed by atoms with E-state index >= 15 is 0 Å². The molecule has 3 atom stereocenters. The van der Waals surface area contributed by atoms with Gasteiger partial charge in [0.15, 0.2) is 0 Å². The molecule has 1 saturated carbocycles. The van der Waals surface area contributed by atoms with Crippen LogP contribution in [0.3, 0.4) is 0 Å². The molecule has 0 spiro atoms. The van der Waals surface area contributed by atoms with Crippen molar-refractivity contribution in [2.75, 3.05) is 0 Å². The summed E-state index contributed by atoms with van der Waals surface area (Å²) in [7, 11) is 0. The van der Waals surface area contributed by atoms with Crippen LogP contribution in [0, 0.1) is 18.8 Å². The van der Waals surface area contributed by atoms with Crippen LogP contribution in [0.1, 0.15) is 44.5 Å². The molecule has 1 aromatic heterocycles. The Labute approximate surface area is 123 Å². The average molecular weight is 334 g/mol. The van der Waals surface area contributed by atoms with E-state index in [1.54, 1.807) is 0 Å². The highest BCUT2D eigenvalue weighted by atomic mass is 79.9. The van der Waals surface area contributed by atoms with E-state index in [2.05, 4.69) is 46.5 Å². The largest absolute Gasteiger partial charge is 0.268 e. The molecule has 0 radical (unpaired) electrons. The standard InChI is InChI=1S/C14H22BrClN2/c1-4-18-13(14(15)10(3)17-18)8-11-7-9(2)5-6-12(11)16/h9,11-12H,4-8H2,1-3H3. The molecule has 3 unspecified atom stereocenters. The number of nitrogens with zero attached hydrogens (tertiary/aromatic N) is 2. The van der Waals surface area contributed by atoms with Gasteiger partial charge in [-0.05, 0) is 67.3 Å². The van der Waals surface area contributed by atoms with Crippen LogP contribution in [0.2, 0.25) is 0 Å². The molecule has 4 heteroatoms. The summed E-state index contributed by atoms with van der Waals surface area (Å²) >= 11 is 10.2. The van der Waals surface area contributed by atoms with Gasteiger partial charge in [0.2, 0.25) is 0 Å². The minimum Gasteiger partial charge on any atom is -0.268 e. The monoisotopic (exact) mass is 332 g/mol. The average Bonchev–Trinajstić information content (AvgIpc) is 2.61. The van der Waals surface area contributed by atoms with Gasteiger partial charge in [-0.15, -0.1) is 11.6 Å². The van der Waals surface area contributed by atoms with Crippen LogP contribution in [0.25, 0.3) is 0 Å². The molecule has 0 bridgehead atoms. The molecule has 102 valence electrons. The van der Waals surface area contributed by atoms with E-state index in [4.69, 9.17) is 11.6 Å². The highest BCUT2D eigenvalue weighted by Gasteiger charge is 2.29. The Kier molecular flexibility index (Phi) is 4.76. The van der Waals surface area contributed by atoms with Crippen LogP contribution < -0.4 is 0 Å². The Bertz CT molecular complexity index is 416. The first-order valence-corrected chi connectivity index (χ1v) is 8.11. The van der Waals surface area contributed by atoms with E-state index in [0.29, 0.717) is 11.3 Å². The molecular weight excluding hydrogens is 312 g/mol. The third-order valence-corrected chi connectivity index (χ3v) is 5.67. The maximum atomic E-state index is 6.51. The number of alkyl halides is 1. The summed E-state index contributed by atoms with van der Waals surface area (Å²) in [6.07, 6.45) is 4.73. The minimum absolute atomic E-state index is 0.327. The maximum absolute atomic E-state index is 6.51. The van der Waals surface area contributed by atoms with E-state index in [1.165, 1.54) is 23.0 Å². The van der Waals surface area contributed by atoms with E-state index in [-0.39, 0.29) is 0 Å². The van der Waals surface area contributed by atoms with Gasteiger partial charge in [-0.2, -0.15) is 5.10 Å². The van der Waals surface area contributed by atoms with Crippen LogP contribution in [-0.4, -0.2) is 15.2 Å². The van der Waals surface area contributed by atoms with Crippen molar-refractivity contribution in [3.05, 3.63) is 15.9 Å². The summed E-state index contributed by atoms with van der Waals surface area (Å²) in [5.74, 6) is 1.40. The first-order valence-electron chi connectivity index (χ1n) is 6.88. The molecule has 1 fully saturated rings. The van der Waals surface area contributed by atoms with Crippen molar-refractivity contribution < 1.29 is 0 Å². The summed E-state index contributed by atoms with van der Waals surface area (Å²) in [6, 6.07) is 0. The van der Waals surface area contributed by atoms with Crippen molar-refractivity contribution in [2.45, 2.75) is 58.4 Å². The third kappa shape index (κ3) is 2.93. The number of halogens is 2. The Morgan fingerprint density at radius 1 is 1.44 bits per heavy atom. The molecule has 1 aliphatic rings. The van der Waals surface area contributed by atoms with Gasteiger partial charge in [0, 0.05) is 11.9 Å². The van der Waals surface area contributed by atoms with E-state index in [9.17, 15) is 0 Å². The molecule has 0 aromatic carbocycles. The lowest BCUT2D eigenvalue weighted by Gasteiger charge is -2.31. The first-order chi connectivity index (χ1) is 8.52. The molecule has 0 N–H and O–H groups in total. The van der Waals surface area contributed by atoms with Crippen LogP contribution in [-0.2, 0) is 13.0 Å². The second-order valence-corrected chi connectivity index (χ2v) is 6.91. The van der Waals surface area contributed by atoms with Gasteiger partial charge in [0.05, 0.1) is 15.9 Å². The second-order valence-electron chi connectivity index (χ2n) is 5.56. The quantitative estimate of drug-likeness (QED) is 0.741. The number of aryl methyl sites for hydroxylation is 2. The summed E-state index contributed by atoms with van der Waals surface area (Å²) < 4.78 is 3.29. The molecule has 1 aliphatic carbocycles.